The standard InChI is InChI=1S/C30H28N4O4S/c1-22-12-9-10-19-28(22)34(39(37,38)27-17-7-4-8-18-27)21-29(35)33-32-23(2)25-15-11-16-26(20-25)31-30(36)24-13-5-3-6-14-24/h3-20H,21H2,1-2H3,(H,31,36)(H,33,35)/b32-23-. The van der Waals surface area contributed by atoms with Gasteiger partial charge in [-0.15, -0.1) is 0 Å². The van der Waals surface area contributed by atoms with E-state index in [1.807, 2.05) is 6.07 Å². The Morgan fingerprint density at radius 1 is 0.795 bits per heavy atom. The Bertz CT molecular complexity index is 1600. The van der Waals surface area contributed by atoms with E-state index in [0.717, 1.165) is 4.31 Å². The molecule has 0 unspecified atom stereocenters. The fourth-order valence-electron chi connectivity index (χ4n) is 3.85. The van der Waals surface area contributed by atoms with Crippen LogP contribution in [-0.2, 0) is 14.8 Å². The van der Waals surface area contributed by atoms with Gasteiger partial charge in [0.25, 0.3) is 21.8 Å². The van der Waals surface area contributed by atoms with E-state index in [-0.39, 0.29) is 10.8 Å². The highest BCUT2D eigenvalue weighted by atomic mass is 32.2. The number of nitrogens with one attached hydrogen (secondary N) is 2. The lowest BCUT2D eigenvalue weighted by Gasteiger charge is -2.25. The van der Waals surface area contributed by atoms with Crippen molar-refractivity contribution in [1.82, 2.24) is 5.43 Å². The molecule has 0 radical (unpaired) electrons. The molecule has 2 N–H and O–H groups in total. The number of benzene rings is 4. The maximum absolute atomic E-state index is 13.5. The van der Waals surface area contributed by atoms with Crippen LogP contribution >= 0.6 is 0 Å². The van der Waals surface area contributed by atoms with E-state index in [4.69, 9.17) is 0 Å². The van der Waals surface area contributed by atoms with Gasteiger partial charge in [0.15, 0.2) is 0 Å². The van der Waals surface area contributed by atoms with Gasteiger partial charge >= 0.3 is 0 Å². The van der Waals surface area contributed by atoms with Crippen molar-refractivity contribution >= 4 is 38.9 Å². The average Bonchev–Trinajstić information content (AvgIpc) is 2.96. The second kappa shape index (κ2) is 12.2. The molecule has 0 fully saturated rings. The molecular formula is C30H28N4O4S. The molecule has 4 rings (SSSR count). The molecule has 198 valence electrons. The molecule has 0 bridgehead atoms. The van der Waals surface area contributed by atoms with E-state index >= 15 is 0 Å². The summed E-state index contributed by atoms with van der Waals surface area (Å²) >= 11 is 0. The predicted molar refractivity (Wildman–Crippen MR) is 153 cm³/mol. The van der Waals surface area contributed by atoms with Gasteiger partial charge in [-0.3, -0.25) is 13.9 Å². The first-order valence-corrected chi connectivity index (χ1v) is 13.6. The number of sulfonamides is 1. The first-order chi connectivity index (χ1) is 18.8. The zero-order chi connectivity index (χ0) is 27.8. The number of rotatable bonds is 9. The number of para-hydroxylation sites is 1. The Balaban J connectivity index is 1.50. The van der Waals surface area contributed by atoms with Crippen LogP contribution < -0.4 is 15.0 Å². The van der Waals surface area contributed by atoms with E-state index < -0.39 is 22.5 Å². The molecule has 0 aliphatic carbocycles. The van der Waals surface area contributed by atoms with Gasteiger partial charge < -0.3 is 5.32 Å². The molecule has 4 aromatic rings. The number of amides is 2. The van der Waals surface area contributed by atoms with Crippen molar-refractivity contribution < 1.29 is 18.0 Å². The van der Waals surface area contributed by atoms with Crippen molar-refractivity contribution in [3.8, 4) is 0 Å². The summed E-state index contributed by atoms with van der Waals surface area (Å²) in [6.07, 6.45) is 0. The number of carbonyl (C=O) groups excluding carboxylic acids is 2. The highest BCUT2D eigenvalue weighted by Crippen LogP contribution is 2.26. The van der Waals surface area contributed by atoms with Crippen molar-refractivity contribution in [3.63, 3.8) is 0 Å². The number of hydrogen-bond acceptors (Lipinski definition) is 5. The lowest BCUT2D eigenvalue weighted by molar-refractivity contribution is -0.119. The van der Waals surface area contributed by atoms with Gasteiger partial charge in [0.2, 0.25) is 0 Å². The number of hydrazone groups is 1. The summed E-state index contributed by atoms with van der Waals surface area (Å²) in [5, 5.41) is 7.03. The number of aryl methyl sites for hydroxylation is 1. The maximum Gasteiger partial charge on any atom is 0.264 e. The topological polar surface area (TPSA) is 108 Å². The first-order valence-electron chi connectivity index (χ1n) is 12.2. The van der Waals surface area contributed by atoms with Gasteiger partial charge in [-0.05, 0) is 67.4 Å². The second-order valence-electron chi connectivity index (χ2n) is 8.74. The molecule has 4 aromatic carbocycles. The Hall–Kier alpha value is -4.76. The second-order valence-corrected chi connectivity index (χ2v) is 10.6. The summed E-state index contributed by atoms with van der Waals surface area (Å²) < 4.78 is 28.0. The lowest BCUT2D eigenvalue weighted by atomic mass is 10.1. The van der Waals surface area contributed by atoms with Gasteiger partial charge in [0.1, 0.15) is 6.54 Å². The molecule has 0 spiro atoms. The van der Waals surface area contributed by atoms with Gasteiger partial charge in [-0.25, -0.2) is 13.8 Å². The van der Waals surface area contributed by atoms with Crippen molar-refractivity contribution in [2.75, 3.05) is 16.2 Å². The van der Waals surface area contributed by atoms with Crippen molar-refractivity contribution in [1.29, 1.82) is 0 Å². The molecule has 39 heavy (non-hydrogen) atoms. The number of nitrogens with zero attached hydrogens (tertiary/aromatic N) is 2. The van der Waals surface area contributed by atoms with Gasteiger partial charge in [-0.2, -0.15) is 5.10 Å². The summed E-state index contributed by atoms with van der Waals surface area (Å²) in [7, 11) is -4.02. The van der Waals surface area contributed by atoms with Crippen molar-refractivity contribution in [2.45, 2.75) is 18.7 Å². The van der Waals surface area contributed by atoms with Crippen LogP contribution in [0.25, 0.3) is 0 Å². The fraction of sp³-hybridized carbons (Fsp3) is 0.100. The number of hydrogen-bond donors (Lipinski definition) is 2. The Labute approximate surface area is 228 Å². The largest absolute Gasteiger partial charge is 0.322 e. The molecule has 0 aliphatic rings. The first kappa shape index (κ1) is 27.3. The smallest absolute Gasteiger partial charge is 0.264 e. The predicted octanol–water partition coefficient (Wildman–Crippen LogP) is 4.98. The van der Waals surface area contributed by atoms with E-state index in [2.05, 4.69) is 15.8 Å². The molecule has 8 nitrogen and oxygen atoms in total. The van der Waals surface area contributed by atoms with Crippen LogP contribution in [0.2, 0.25) is 0 Å². The zero-order valence-electron chi connectivity index (χ0n) is 21.5. The number of carbonyl (C=O) groups is 2. The molecular weight excluding hydrogens is 512 g/mol. The highest BCUT2D eigenvalue weighted by Gasteiger charge is 2.28. The van der Waals surface area contributed by atoms with Gasteiger partial charge in [-0.1, -0.05) is 66.7 Å². The normalized spacial score (nSPS) is 11.5. The fourth-order valence-corrected chi connectivity index (χ4v) is 5.36. The van der Waals surface area contributed by atoms with Crippen LogP contribution in [0.3, 0.4) is 0 Å². The zero-order valence-corrected chi connectivity index (χ0v) is 22.4. The van der Waals surface area contributed by atoms with Gasteiger partial charge in [0.05, 0.1) is 16.3 Å². The lowest BCUT2D eigenvalue weighted by Crippen LogP contribution is -2.40. The molecule has 2 amide bonds. The third-order valence-electron chi connectivity index (χ3n) is 5.93. The highest BCUT2D eigenvalue weighted by molar-refractivity contribution is 7.92. The van der Waals surface area contributed by atoms with Crippen molar-refractivity contribution in [3.05, 3.63) is 126 Å². The third kappa shape index (κ3) is 6.77. The van der Waals surface area contributed by atoms with Crippen LogP contribution in [0.1, 0.15) is 28.4 Å². The van der Waals surface area contributed by atoms with Gasteiger partial charge in [0, 0.05) is 11.3 Å². The van der Waals surface area contributed by atoms with Crippen LogP contribution in [0.15, 0.2) is 119 Å². The Kier molecular flexibility index (Phi) is 8.53. The van der Waals surface area contributed by atoms with E-state index in [1.54, 1.807) is 105 Å². The Morgan fingerprint density at radius 3 is 2.10 bits per heavy atom. The monoisotopic (exact) mass is 540 g/mol. The minimum atomic E-state index is -4.02. The molecule has 9 heteroatoms. The summed E-state index contributed by atoms with van der Waals surface area (Å²) in [4.78, 5) is 25.5. The number of anilines is 2. The minimum Gasteiger partial charge on any atom is -0.322 e. The van der Waals surface area contributed by atoms with Crippen LogP contribution in [-0.4, -0.2) is 32.5 Å². The van der Waals surface area contributed by atoms with Crippen LogP contribution in [0, 0.1) is 6.92 Å². The SMILES string of the molecule is C/C(=N/NC(=O)CN(c1ccccc1C)S(=O)(=O)c1ccccc1)c1cccc(NC(=O)c2ccccc2)c1. The maximum atomic E-state index is 13.5. The molecule has 0 heterocycles. The molecule has 0 aromatic heterocycles. The van der Waals surface area contributed by atoms with E-state index in [0.29, 0.717) is 33.8 Å². The molecule has 0 atom stereocenters. The molecule has 0 saturated heterocycles. The minimum absolute atomic E-state index is 0.0788. The summed E-state index contributed by atoms with van der Waals surface area (Å²) in [6, 6.07) is 30.9. The molecule has 0 aliphatic heterocycles. The summed E-state index contributed by atoms with van der Waals surface area (Å²) in [5.74, 6) is -0.850. The Morgan fingerprint density at radius 2 is 1.41 bits per heavy atom. The van der Waals surface area contributed by atoms with E-state index in [1.165, 1.54) is 12.1 Å². The summed E-state index contributed by atoms with van der Waals surface area (Å²) in [5.41, 5.74) is 5.83. The van der Waals surface area contributed by atoms with Crippen LogP contribution in [0.5, 0.6) is 0 Å². The van der Waals surface area contributed by atoms with Crippen LogP contribution in [0.4, 0.5) is 11.4 Å². The average molecular weight is 541 g/mol. The van der Waals surface area contributed by atoms with Crippen molar-refractivity contribution in [2.24, 2.45) is 5.10 Å². The summed E-state index contributed by atoms with van der Waals surface area (Å²) in [6.45, 7) is 3.02. The molecule has 0 saturated carbocycles. The third-order valence-corrected chi connectivity index (χ3v) is 7.70. The van der Waals surface area contributed by atoms with E-state index in [9.17, 15) is 18.0 Å². The quantitative estimate of drug-likeness (QED) is 0.231.